The Morgan fingerprint density at radius 1 is 1.29 bits per heavy atom. The molecule has 0 heterocycles. The van der Waals surface area contributed by atoms with E-state index in [1.165, 1.54) is 0 Å². The quantitative estimate of drug-likeness (QED) is 0.560. The number of carbonyl (C=O) groups is 1. The van der Waals surface area contributed by atoms with E-state index in [0.29, 0.717) is 6.42 Å². The maximum atomic E-state index is 11.1. The van der Waals surface area contributed by atoms with Crippen molar-refractivity contribution in [1.29, 1.82) is 0 Å². The minimum absolute atomic E-state index is 0.0800. The summed E-state index contributed by atoms with van der Waals surface area (Å²) in [4.78, 5) is 11.1. The first-order chi connectivity index (χ1) is 6.37. The van der Waals surface area contributed by atoms with Crippen LogP contribution >= 0.6 is 0 Å². The number of carboxylic acids is 1. The van der Waals surface area contributed by atoms with Crippen molar-refractivity contribution in [1.82, 2.24) is 0 Å². The third kappa shape index (κ3) is 0.982. The van der Waals surface area contributed by atoms with Gasteiger partial charge in [0.25, 0.3) is 0 Å². The van der Waals surface area contributed by atoms with Crippen LogP contribution in [0.3, 0.4) is 0 Å². The summed E-state index contributed by atoms with van der Waals surface area (Å²) in [6, 6.07) is 0. The number of carboxylic acid groups (broad SMARTS) is 1. The Morgan fingerprint density at radius 2 is 1.86 bits per heavy atom. The van der Waals surface area contributed by atoms with Crippen LogP contribution in [0.4, 0.5) is 0 Å². The normalized spacial score (nSPS) is 49.6. The first-order valence-electron chi connectivity index (χ1n) is 4.96. The van der Waals surface area contributed by atoms with Gasteiger partial charge < -0.3 is 15.3 Å². The van der Waals surface area contributed by atoms with Crippen LogP contribution < -0.4 is 0 Å². The minimum Gasteiger partial charge on any atom is -0.481 e. The van der Waals surface area contributed by atoms with Crippen LogP contribution in [0, 0.1) is 23.2 Å². The van der Waals surface area contributed by atoms with Crippen LogP contribution in [0.5, 0.6) is 0 Å². The molecule has 2 aliphatic rings. The third-order valence-electron chi connectivity index (χ3n) is 4.18. The topological polar surface area (TPSA) is 77.8 Å². The van der Waals surface area contributed by atoms with Gasteiger partial charge in [-0.25, -0.2) is 0 Å². The van der Waals surface area contributed by atoms with E-state index in [1.807, 2.05) is 13.8 Å². The molecule has 4 heteroatoms. The lowest BCUT2D eigenvalue weighted by molar-refractivity contribution is -0.157. The predicted molar refractivity (Wildman–Crippen MR) is 48.5 cm³/mol. The van der Waals surface area contributed by atoms with Crippen LogP contribution in [0.1, 0.15) is 20.3 Å². The molecule has 0 aromatic carbocycles. The van der Waals surface area contributed by atoms with Gasteiger partial charge in [0.05, 0.1) is 18.1 Å². The Bertz CT molecular complexity index is 273. The molecule has 5 unspecified atom stereocenters. The minimum atomic E-state index is -0.853. The Labute approximate surface area is 82.6 Å². The number of aliphatic hydroxyl groups is 2. The van der Waals surface area contributed by atoms with Crippen molar-refractivity contribution in [3.05, 3.63) is 0 Å². The summed E-state index contributed by atoms with van der Waals surface area (Å²) in [5.74, 6) is -1.73. The van der Waals surface area contributed by atoms with Gasteiger partial charge in [0.2, 0.25) is 0 Å². The summed E-state index contributed by atoms with van der Waals surface area (Å²) in [5.41, 5.74) is -0.408. The van der Waals surface area contributed by atoms with E-state index in [9.17, 15) is 15.0 Å². The summed E-state index contributed by atoms with van der Waals surface area (Å²) in [5, 5.41) is 28.4. The number of aliphatic carboxylic acids is 1. The zero-order valence-electron chi connectivity index (χ0n) is 8.34. The lowest BCUT2D eigenvalue weighted by Gasteiger charge is -2.40. The van der Waals surface area contributed by atoms with Gasteiger partial charge in [-0.15, -0.1) is 0 Å². The van der Waals surface area contributed by atoms with Crippen molar-refractivity contribution >= 4 is 5.97 Å². The monoisotopic (exact) mass is 200 g/mol. The molecule has 0 radical (unpaired) electrons. The van der Waals surface area contributed by atoms with Gasteiger partial charge in [0.15, 0.2) is 0 Å². The molecule has 0 aromatic heterocycles. The van der Waals surface area contributed by atoms with Crippen LogP contribution in [0.15, 0.2) is 0 Å². The fraction of sp³-hybridized carbons (Fsp3) is 0.900. The maximum absolute atomic E-state index is 11.1. The Morgan fingerprint density at radius 3 is 2.29 bits per heavy atom. The molecule has 80 valence electrons. The summed E-state index contributed by atoms with van der Waals surface area (Å²) in [6.45, 7) is 3.73. The van der Waals surface area contributed by atoms with Crippen molar-refractivity contribution < 1.29 is 20.1 Å². The molecule has 2 bridgehead atoms. The highest BCUT2D eigenvalue weighted by Crippen LogP contribution is 2.59. The fourth-order valence-electron chi connectivity index (χ4n) is 3.42. The van der Waals surface area contributed by atoms with Gasteiger partial charge in [-0.05, 0) is 17.8 Å². The van der Waals surface area contributed by atoms with E-state index in [0.717, 1.165) is 0 Å². The highest BCUT2D eigenvalue weighted by Gasteiger charge is 2.63. The summed E-state index contributed by atoms with van der Waals surface area (Å²) < 4.78 is 0. The Hall–Kier alpha value is -0.610. The van der Waals surface area contributed by atoms with Gasteiger partial charge in [-0.1, -0.05) is 13.8 Å². The zero-order chi connectivity index (χ0) is 10.7. The molecule has 0 amide bonds. The molecular weight excluding hydrogens is 184 g/mol. The lowest BCUT2D eigenvalue weighted by Crippen LogP contribution is -2.49. The van der Waals surface area contributed by atoms with Crippen LogP contribution in [-0.2, 0) is 4.79 Å². The van der Waals surface area contributed by atoms with E-state index in [-0.39, 0.29) is 11.8 Å². The second-order valence-corrected chi connectivity index (χ2v) is 5.12. The maximum Gasteiger partial charge on any atom is 0.307 e. The second-order valence-electron chi connectivity index (χ2n) is 5.12. The molecule has 2 saturated carbocycles. The van der Waals surface area contributed by atoms with Gasteiger partial charge in [0.1, 0.15) is 0 Å². The summed E-state index contributed by atoms with van der Waals surface area (Å²) >= 11 is 0. The number of fused-ring (bicyclic) bond motifs is 2. The Balaban J connectivity index is 2.35. The standard InChI is InChI=1S/C10H16O4/c1-10(2)5-3-4(6(10)9(13)14)7(11)8(5)12/h4-8,11-12H,3H2,1-2H3,(H,13,14). The highest BCUT2D eigenvalue weighted by molar-refractivity contribution is 5.72. The smallest absolute Gasteiger partial charge is 0.307 e. The number of hydrogen-bond acceptors (Lipinski definition) is 3. The predicted octanol–water partition coefficient (Wildman–Crippen LogP) is 0.0849. The molecule has 0 aliphatic heterocycles. The molecule has 2 aliphatic carbocycles. The molecule has 14 heavy (non-hydrogen) atoms. The number of rotatable bonds is 1. The molecule has 0 saturated heterocycles. The fourth-order valence-corrected chi connectivity index (χ4v) is 3.42. The van der Waals surface area contributed by atoms with Crippen molar-refractivity contribution in [2.75, 3.05) is 0 Å². The SMILES string of the molecule is CC1(C)C2CC(C(O)C2O)C1C(=O)O. The van der Waals surface area contributed by atoms with Crippen molar-refractivity contribution in [2.45, 2.75) is 32.5 Å². The third-order valence-corrected chi connectivity index (χ3v) is 4.18. The van der Waals surface area contributed by atoms with E-state index in [4.69, 9.17) is 5.11 Å². The van der Waals surface area contributed by atoms with Gasteiger partial charge >= 0.3 is 5.97 Å². The van der Waals surface area contributed by atoms with E-state index >= 15 is 0 Å². The van der Waals surface area contributed by atoms with Gasteiger partial charge in [0, 0.05) is 5.92 Å². The van der Waals surface area contributed by atoms with Gasteiger partial charge in [-0.3, -0.25) is 4.79 Å². The second kappa shape index (κ2) is 2.70. The van der Waals surface area contributed by atoms with Crippen LogP contribution in [-0.4, -0.2) is 33.5 Å². The highest BCUT2D eigenvalue weighted by atomic mass is 16.4. The van der Waals surface area contributed by atoms with E-state index < -0.39 is 29.5 Å². The molecule has 2 rings (SSSR count). The van der Waals surface area contributed by atoms with Crippen molar-refractivity contribution in [3.8, 4) is 0 Å². The largest absolute Gasteiger partial charge is 0.481 e. The Kier molecular flexibility index (Phi) is 1.92. The summed E-state index contributed by atoms with van der Waals surface area (Å²) in [7, 11) is 0. The number of hydrogen-bond donors (Lipinski definition) is 3. The molecule has 3 N–H and O–H groups in total. The molecule has 4 nitrogen and oxygen atoms in total. The van der Waals surface area contributed by atoms with Crippen LogP contribution in [0.25, 0.3) is 0 Å². The first-order valence-corrected chi connectivity index (χ1v) is 4.96. The molecule has 0 spiro atoms. The first kappa shape index (κ1) is 9.93. The average molecular weight is 200 g/mol. The molecule has 0 aromatic rings. The molecular formula is C10H16O4. The molecule has 5 atom stereocenters. The number of aliphatic hydroxyl groups excluding tert-OH is 2. The van der Waals surface area contributed by atoms with Crippen LogP contribution in [0.2, 0.25) is 0 Å². The lowest BCUT2D eigenvalue weighted by atomic mass is 9.67. The van der Waals surface area contributed by atoms with Crippen molar-refractivity contribution in [2.24, 2.45) is 23.2 Å². The summed E-state index contributed by atoms with van der Waals surface area (Å²) in [6.07, 6.45) is -0.966. The van der Waals surface area contributed by atoms with E-state index in [2.05, 4.69) is 0 Å². The van der Waals surface area contributed by atoms with Gasteiger partial charge in [-0.2, -0.15) is 0 Å². The average Bonchev–Trinajstić information content (AvgIpc) is 2.46. The van der Waals surface area contributed by atoms with Crippen molar-refractivity contribution in [3.63, 3.8) is 0 Å². The van der Waals surface area contributed by atoms with E-state index in [1.54, 1.807) is 0 Å². The zero-order valence-corrected chi connectivity index (χ0v) is 8.34. The molecule has 2 fully saturated rings.